The van der Waals surface area contributed by atoms with Crippen molar-refractivity contribution < 1.29 is 4.79 Å². The van der Waals surface area contributed by atoms with E-state index < -0.39 is 0 Å². The third-order valence-corrected chi connectivity index (χ3v) is 4.75. The number of hydrogen-bond donors (Lipinski definition) is 1. The van der Waals surface area contributed by atoms with E-state index in [2.05, 4.69) is 12.2 Å². The molecule has 19 heavy (non-hydrogen) atoms. The smallest absolute Gasteiger partial charge is 0.223 e. The van der Waals surface area contributed by atoms with Crippen molar-refractivity contribution in [3.8, 4) is 0 Å². The van der Waals surface area contributed by atoms with Crippen LogP contribution in [0.1, 0.15) is 13.3 Å². The number of amides is 1. The van der Waals surface area contributed by atoms with E-state index in [1.807, 2.05) is 29.2 Å². The number of thioether (sulfide) groups is 1. The first kappa shape index (κ1) is 14.7. The standard InChI is InChI=1S/C14H19ClN2OS/c1-11-10-16-7-8-17(11)14(18)6-9-19-13-5-3-2-4-12(13)15/h2-5,11,16H,6-10H2,1H3/t11-/m0/s1. The van der Waals surface area contributed by atoms with Crippen LogP contribution < -0.4 is 5.32 Å². The third kappa shape index (κ3) is 4.13. The summed E-state index contributed by atoms with van der Waals surface area (Å²) in [6, 6.07) is 8.05. The van der Waals surface area contributed by atoms with Crippen LogP contribution in [0.4, 0.5) is 0 Å². The van der Waals surface area contributed by atoms with Crippen molar-refractivity contribution in [3.63, 3.8) is 0 Å². The summed E-state index contributed by atoms with van der Waals surface area (Å²) in [5, 5.41) is 4.05. The molecule has 1 aliphatic heterocycles. The SMILES string of the molecule is C[C@H]1CNCCN1C(=O)CCSc1ccccc1Cl. The number of hydrogen-bond acceptors (Lipinski definition) is 3. The fourth-order valence-corrected chi connectivity index (χ4v) is 3.34. The third-order valence-electron chi connectivity index (χ3n) is 3.23. The molecule has 3 nitrogen and oxygen atoms in total. The van der Waals surface area contributed by atoms with Crippen LogP contribution in [0.2, 0.25) is 5.02 Å². The minimum Gasteiger partial charge on any atom is -0.337 e. The number of piperazine rings is 1. The number of nitrogens with one attached hydrogen (secondary N) is 1. The molecule has 0 aromatic heterocycles. The molecule has 1 fully saturated rings. The molecule has 1 atom stereocenters. The molecule has 104 valence electrons. The average Bonchev–Trinajstić information content (AvgIpc) is 2.41. The van der Waals surface area contributed by atoms with Gasteiger partial charge in [-0.3, -0.25) is 4.79 Å². The Morgan fingerprint density at radius 3 is 3.05 bits per heavy atom. The van der Waals surface area contributed by atoms with E-state index in [0.29, 0.717) is 12.5 Å². The van der Waals surface area contributed by atoms with E-state index in [-0.39, 0.29) is 5.91 Å². The summed E-state index contributed by atoms with van der Waals surface area (Å²) < 4.78 is 0. The quantitative estimate of drug-likeness (QED) is 0.867. The molecule has 0 radical (unpaired) electrons. The van der Waals surface area contributed by atoms with Crippen molar-refractivity contribution in [1.29, 1.82) is 0 Å². The van der Waals surface area contributed by atoms with Crippen LogP contribution in [0.5, 0.6) is 0 Å². The van der Waals surface area contributed by atoms with Gasteiger partial charge in [-0.2, -0.15) is 0 Å². The highest BCUT2D eigenvalue weighted by Crippen LogP contribution is 2.27. The van der Waals surface area contributed by atoms with Gasteiger partial charge in [-0.1, -0.05) is 23.7 Å². The zero-order valence-electron chi connectivity index (χ0n) is 11.1. The molecule has 0 bridgehead atoms. The van der Waals surface area contributed by atoms with E-state index >= 15 is 0 Å². The molecule has 0 unspecified atom stereocenters. The molecule has 0 saturated carbocycles. The average molecular weight is 299 g/mol. The van der Waals surface area contributed by atoms with Crippen LogP contribution in [0.25, 0.3) is 0 Å². The normalized spacial score (nSPS) is 19.5. The molecule has 1 aliphatic rings. The van der Waals surface area contributed by atoms with E-state index in [9.17, 15) is 4.79 Å². The summed E-state index contributed by atoms with van der Waals surface area (Å²) in [5.74, 6) is 1.02. The predicted octanol–water partition coefficient (Wildman–Crippen LogP) is 2.64. The monoisotopic (exact) mass is 298 g/mol. The number of rotatable bonds is 4. The zero-order chi connectivity index (χ0) is 13.7. The summed E-state index contributed by atoms with van der Waals surface area (Å²) in [6.07, 6.45) is 0.570. The van der Waals surface area contributed by atoms with Crippen LogP contribution in [-0.2, 0) is 4.79 Å². The maximum atomic E-state index is 12.1. The summed E-state index contributed by atoms with van der Waals surface area (Å²) >= 11 is 7.73. The molecule has 1 amide bonds. The van der Waals surface area contributed by atoms with Crippen molar-refractivity contribution in [2.75, 3.05) is 25.4 Å². The van der Waals surface area contributed by atoms with Crippen molar-refractivity contribution >= 4 is 29.3 Å². The predicted molar refractivity (Wildman–Crippen MR) is 80.8 cm³/mol. The highest BCUT2D eigenvalue weighted by atomic mass is 35.5. The number of carbonyl (C=O) groups is 1. The molecule has 1 heterocycles. The number of nitrogens with zero attached hydrogens (tertiary/aromatic N) is 1. The second kappa shape index (κ2) is 7.17. The van der Waals surface area contributed by atoms with Crippen LogP contribution in [0.15, 0.2) is 29.2 Å². The summed E-state index contributed by atoms with van der Waals surface area (Å²) in [5.41, 5.74) is 0. The molecule has 0 aliphatic carbocycles. The van der Waals surface area contributed by atoms with Gasteiger partial charge >= 0.3 is 0 Å². The van der Waals surface area contributed by atoms with Crippen LogP contribution in [0, 0.1) is 0 Å². The lowest BCUT2D eigenvalue weighted by Crippen LogP contribution is -2.52. The Kier molecular flexibility index (Phi) is 5.55. The van der Waals surface area contributed by atoms with E-state index in [1.165, 1.54) is 0 Å². The van der Waals surface area contributed by atoms with Gasteiger partial charge in [-0.15, -0.1) is 11.8 Å². The fraction of sp³-hybridized carbons (Fsp3) is 0.500. The maximum Gasteiger partial charge on any atom is 0.223 e. The van der Waals surface area contributed by atoms with Crippen LogP contribution >= 0.6 is 23.4 Å². The van der Waals surface area contributed by atoms with Crippen molar-refractivity contribution in [3.05, 3.63) is 29.3 Å². The molecular weight excluding hydrogens is 280 g/mol. The largest absolute Gasteiger partial charge is 0.337 e. The van der Waals surface area contributed by atoms with Gasteiger partial charge < -0.3 is 10.2 Å². The molecule has 5 heteroatoms. The van der Waals surface area contributed by atoms with Gasteiger partial charge in [0.25, 0.3) is 0 Å². The van der Waals surface area contributed by atoms with Crippen molar-refractivity contribution in [2.45, 2.75) is 24.3 Å². The molecule has 1 aromatic rings. The highest BCUT2D eigenvalue weighted by molar-refractivity contribution is 7.99. The molecule has 1 aromatic carbocycles. The first-order chi connectivity index (χ1) is 9.18. The minimum atomic E-state index is 0.244. The molecule has 1 N–H and O–H groups in total. The van der Waals surface area contributed by atoms with Gasteiger partial charge in [0.05, 0.1) is 5.02 Å². The summed E-state index contributed by atoms with van der Waals surface area (Å²) in [7, 11) is 0. The highest BCUT2D eigenvalue weighted by Gasteiger charge is 2.22. The van der Waals surface area contributed by atoms with E-state index in [4.69, 9.17) is 11.6 Å². The van der Waals surface area contributed by atoms with E-state index in [1.54, 1.807) is 11.8 Å². The van der Waals surface area contributed by atoms with Crippen molar-refractivity contribution in [2.24, 2.45) is 0 Å². The number of benzene rings is 1. The van der Waals surface area contributed by atoms with Gasteiger partial charge in [-0.25, -0.2) is 0 Å². The Morgan fingerprint density at radius 1 is 1.53 bits per heavy atom. The minimum absolute atomic E-state index is 0.244. The van der Waals surface area contributed by atoms with Gasteiger partial charge in [0, 0.05) is 42.7 Å². The second-order valence-corrected chi connectivity index (χ2v) is 6.21. The topological polar surface area (TPSA) is 32.3 Å². The van der Waals surface area contributed by atoms with Crippen LogP contribution in [0.3, 0.4) is 0 Å². The number of halogens is 1. The Hall–Kier alpha value is -0.710. The zero-order valence-corrected chi connectivity index (χ0v) is 12.6. The number of carbonyl (C=O) groups excluding carboxylic acids is 1. The fourth-order valence-electron chi connectivity index (χ4n) is 2.17. The van der Waals surface area contributed by atoms with Gasteiger partial charge in [0.15, 0.2) is 0 Å². The van der Waals surface area contributed by atoms with Gasteiger partial charge in [0.2, 0.25) is 5.91 Å². The van der Waals surface area contributed by atoms with Gasteiger partial charge in [0.1, 0.15) is 0 Å². The molecule has 2 rings (SSSR count). The first-order valence-corrected chi connectivity index (χ1v) is 7.92. The Morgan fingerprint density at radius 2 is 2.32 bits per heavy atom. The lowest BCUT2D eigenvalue weighted by Gasteiger charge is -2.34. The lowest BCUT2D eigenvalue weighted by atomic mass is 10.2. The van der Waals surface area contributed by atoms with Crippen LogP contribution in [-0.4, -0.2) is 42.2 Å². The second-order valence-electron chi connectivity index (χ2n) is 4.67. The Bertz CT molecular complexity index is 441. The maximum absolute atomic E-state index is 12.1. The van der Waals surface area contributed by atoms with Crippen molar-refractivity contribution in [1.82, 2.24) is 10.2 Å². The Labute approximate surface area is 123 Å². The molecule has 0 spiro atoms. The lowest BCUT2D eigenvalue weighted by molar-refractivity contribution is -0.133. The first-order valence-electron chi connectivity index (χ1n) is 6.56. The molecular formula is C14H19ClN2OS. The van der Waals surface area contributed by atoms with Gasteiger partial charge in [-0.05, 0) is 19.1 Å². The Balaban J connectivity index is 1.79. The summed E-state index contributed by atoms with van der Waals surface area (Å²) in [4.78, 5) is 15.2. The van der Waals surface area contributed by atoms with E-state index in [0.717, 1.165) is 35.3 Å². The summed E-state index contributed by atoms with van der Waals surface area (Å²) in [6.45, 7) is 4.69. The molecule has 1 saturated heterocycles.